The molecule has 36 heavy (non-hydrogen) atoms. The van der Waals surface area contributed by atoms with E-state index in [4.69, 9.17) is 28.9 Å². The van der Waals surface area contributed by atoms with E-state index in [-0.39, 0.29) is 23.7 Å². The van der Waals surface area contributed by atoms with Gasteiger partial charge in [0.15, 0.2) is 0 Å². The summed E-state index contributed by atoms with van der Waals surface area (Å²) in [5.74, 6) is 1.94. The lowest BCUT2D eigenvalue weighted by Gasteiger charge is -2.42. The van der Waals surface area contributed by atoms with Gasteiger partial charge >= 0.3 is 0 Å². The summed E-state index contributed by atoms with van der Waals surface area (Å²) in [7, 11) is 0. The number of carbonyl (C=O) groups is 2. The number of aromatic nitrogens is 4. The topological polar surface area (TPSA) is 139 Å². The fraction of sp³-hybridized carbons (Fsp3) is 0.333. The van der Waals surface area contributed by atoms with Gasteiger partial charge in [-0.3, -0.25) is 9.59 Å². The van der Waals surface area contributed by atoms with Gasteiger partial charge in [-0.1, -0.05) is 35.3 Å². The van der Waals surface area contributed by atoms with Crippen LogP contribution in [0.25, 0.3) is 0 Å². The SMILES string of the molecule is NCC1(c2ccc(Cl)cc2)CCN(c2ncnc3c2CC(=O)N3)CC1.O=C1Cc2c(Cl)ncnc2N1. The fourth-order valence-corrected chi connectivity index (χ4v) is 5.16. The Morgan fingerprint density at radius 1 is 0.861 bits per heavy atom. The monoisotopic (exact) mass is 526 g/mol. The third-order valence-corrected chi connectivity index (χ3v) is 7.45. The number of nitrogens with zero attached hydrogens (tertiary/aromatic N) is 5. The minimum atomic E-state index is -0.0811. The Morgan fingerprint density at radius 2 is 1.44 bits per heavy atom. The van der Waals surface area contributed by atoms with Crippen molar-refractivity contribution in [3.8, 4) is 0 Å². The maximum atomic E-state index is 11.7. The van der Waals surface area contributed by atoms with Crippen molar-refractivity contribution in [3.05, 3.63) is 63.8 Å². The van der Waals surface area contributed by atoms with Crippen molar-refractivity contribution in [1.29, 1.82) is 0 Å². The average molecular weight is 527 g/mol. The van der Waals surface area contributed by atoms with Crippen LogP contribution < -0.4 is 21.3 Å². The fourth-order valence-electron chi connectivity index (χ4n) is 4.84. The van der Waals surface area contributed by atoms with Crippen molar-refractivity contribution >= 4 is 52.5 Å². The molecule has 1 saturated heterocycles. The minimum Gasteiger partial charge on any atom is -0.356 e. The van der Waals surface area contributed by atoms with Gasteiger partial charge in [0.1, 0.15) is 35.3 Å². The molecule has 186 valence electrons. The van der Waals surface area contributed by atoms with E-state index >= 15 is 0 Å². The summed E-state index contributed by atoms with van der Waals surface area (Å²) < 4.78 is 0. The van der Waals surface area contributed by atoms with Gasteiger partial charge in [0.05, 0.1) is 12.8 Å². The average Bonchev–Trinajstić information content (AvgIpc) is 3.46. The summed E-state index contributed by atoms with van der Waals surface area (Å²) in [6.07, 6.45) is 5.35. The largest absolute Gasteiger partial charge is 0.356 e. The first kappa shape index (κ1) is 24.4. The Kier molecular flexibility index (Phi) is 6.74. The van der Waals surface area contributed by atoms with Crippen molar-refractivity contribution in [2.45, 2.75) is 31.1 Å². The summed E-state index contributed by atoms with van der Waals surface area (Å²) in [4.78, 5) is 40.9. The number of hydrogen-bond donors (Lipinski definition) is 3. The van der Waals surface area contributed by atoms with Crippen molar-refractivity contribution in [1.82, 2.24) is 19.9 Å². The molecular formula is C24H24Cl2N8O2. The molecule has 3 aromatic rings. The van der Waals surface area contributed by atoms with E-state index in [1.165, 1.54) is 18.2 Å². The molecule has 1 aromatic carbocycles. The summed E-state index contributed by atoms with van der Waals surface area (Å²) >= 11 is 11.7. The second-order valence-corrected chi connectivity index (χ2v) is 9.74. The number of halogens is 2. The quantitative estimate of drug-likeness (QED) is 0.442. The molecular weight excluding hydrogens is 503 g/mol. The lowest BCUT2D eigenvalue weighted by molar-refractivity contribution is -0.115. The highest BCUT2D eigenvalue weighted by Crippen LogP contribution is 2.38. The molecule has 0 spiro atoms. The Hall–Kier alpha value is -3.34. The molecule has 5 heterocycles. The molecule has 2 amide bonds. The van der Waals surface area contributed by atoms with Gasteiger partial charge in [-0.2, -0.15) is 0 Å². The summed E-state index contributed by atoms with van der Waals surface area (Å²) in [6, 6.07) is 8.01. The van der Waals surface area contributed by atoms with E-state index in [2.05, 4.69) is 47.6 Å². The third kappa shape index (κ3) is 4.71. The first-order valence-electron chi connectivity index (χ1n) is 11.5. The number of benzene rings is 1. The number of rotatable bonds is 3. The van der Waals surface area contributed by atoms with Crippen LogP contribution in [0.15, 0.2) is 36.9 Å². The molecule has 0 radical (unpaired) electrons. The normalized spacial score (nSPS) is 17.5. The van der Waals surface area contributed by atoms with Crippen molar-refractivity contribution in [2.75, 3.05) is 35.2 Å². The predicted molar refractivity (Wildman–Crippen MR) is 137 cm³/mol. The molecule has 0 unspecified atom stereocenters. The zero-order valence-electron chi connectivity index (χ0n) is 19.3. The lowest BCUT2D eigenvalue weighted by atomic mass is 9.73. The molecule has 0 atom stereocenters. The van der Waals surface area contributed by atoms with E-state index in [1.807, 2.05) is 12.1 Å². The Labute approximate surface area is 217 Å². The van der Waals surface area contributed by atoms with Crippen molar-refractivity contribution in [2.24, 2.45) is 5.73 Å². The van der Waals surface area contributed by atoms with Crippen LogP contribution >= 0.6 is 23.2 Å². The molecule has 3 aliphatic heterocycles. The number of anilines is 3. The zero-order valence-corrected chi connectivity index (χ0v) is 20.8. The van der Waals surface area contributed by atoms with Crippen LogP contribution in [0.5, 0.6) is 0 Å². The molecule has 6 rings (SSSR count). The van der Waals surface area contributed by atoms with Crippen LogP contribution in [0, 0.1) is 0 Å². The van der Waals surface area contributed by atoms with Crippen LogP contribution in [0.2, 0.25) is 10.2 Å². The molecule has 4 N–H and O–H groups in total. The molecule has 0 bridgehead atoms. The molecule has 2 aromatic heterocycles. The van der Waals surface area contributed by atoms with Crippen LogP contribution in [0.3, 0.4) is 0 Å². The zero-order chi connectivity index (χ0) is 25.3. The van der Waals surface area contributed by atoms with Crippen LogP contribution in [-0.2, 0) is 27.8 Å². The summed E-state index contributed by atoms with van der Waals surface area (Å²) in [5.41, 5.74) is 8.97. The molecule has 12 heteroatoms. The summed E-state index contributed by atoms with van der Waals surface area (Å²) in [5, 5.41) is 6.44. The molecule has 0 aliphatic carbocycles. The van der Waals surface area contributed by atoms with Gasteiger partial charge in [-0.05, 0) is 30.5 Å². The van der Waals surface area contributed by atoms with E-state index in [0.29, 0.717) is 35.3 Å². The van der Waals surface area contributed by atoms with Crippen molar-refractivity contribution < 1.29 is 9.59 Å². The van der Waals surface area contributed by atoms with E-state index in [9.17, 15) is 9.59 Å². The minimum absolute atomic E-state index is 0.0220. The second kappa shape index (κ2) is 9.96. The number of fused-ring (bicyclic) bond motifs is 2. The number of hydrogen-bond acceptors (Lipinski definition) is 8. The standard InChI is InChI=1S/C18H20ClN5O.C6H4ClN3O/c19-13-3-1-12(2-4-13)18(10-20)5-7-24(8-6-18)17-14-9-15(25)23-16(14)21-11-22-17;7-5-3-1-4(11)10-6(3)9-2-8-5/h1-4,11H,5-10,20H2,(H,21,22,23,25);2H,1H2,(H,8,9,10,11). The van der Waals surface area contributed by atoms with E-state index < -0.39 is 0 Å². The molecule has 0 saturated carbocycles. The molecule has 10 nitrogen and oxygen atoms in total. The van der Waals surface area contributed by atoms with E-state index in [1.54, 1.807) is 0 Å². The third-order valence-electron chi connectivity index (χ3n) is 6.87. The van der Waals surface area contributed by atoms with Crippen LogP contribution in [0.4, 0.5) is 17.5 Å². The van der Waals surface area contributed by atoms with E-state index in [0.717, 1.165) is 42.3 Å². The number of piperidine rings is 1. The Bertz CT molecular complexity index is 1310. The Balaban J connectivity index is 0.000000202. The smallest absolute Gasteiger partial charge is 0.230 e. The van der Waals surface area contributed by atoms with Gasteiger partial charge in [0.25, 0.3) is 0 Å². The van der Waals surface area contributed by atoms with Gasteiger partial charge in [-0.25, -0.2) is 19.9 Å². The van der Waals surface area contributed by atoms with Gasteiger partial charge in [-0.15, -0.1) is 0 Å². The highest BCUT2D eigenvalue weighted by atomic mass is 35.5. The van der Waals surface area contributed by atoms with Gasteiger partial charge in [0.2, 0.25) is 11.8 Å². The van der Waals surface area contributed by atoms with Gasteiger partial charge in [0, 0.05) is 41.2 Å². The van der Waals surface area contributed by atoms with Gasteiger partial charge < -0.3 is 21.3 Å². The van der Waals surface area contributed by atoms with Crippen molar-refractivity contribution in [3.63, 3.8) is 0 Å². The lowest BCUT2D eigenvalue weighted by Crippen LogP contribution is -2.47. The highest BCUT2D eigenvalue weighted by Gasteiger charge is 2.37. The first-order valence-corrected chi connectivity index (χ1v) is 12.3. The summed E-state index contributed by atoms with van der Waals surface area (Å²) in [6.45, 7) is 2.29. The highest BCUT2D eigenvalue weighted by molar-refractivity contribution is 6.31. The maximum Gasteiger partial charge on any atom is 0.230 e. The number of nitrogens with two attached hydrogens (primary N) is 1. The van der Waals surface area contributed by atoms with Crippen LogP contribution in [0.1, 0.15) is 29.5 Å². The number of carbonyl (C=O) groups excluding carboxylic acids is 2. The Morgan fingerprint density at radius 3 is 2.06 bits per heavy atom. The second-order valence-electron chi connectivity index (χ2n) is 8.94. The van der Waals surface area contributed by atoms with Crippen LogP contribution in [-0.4, -0.2) is 51.4 Å². The molecule has 1 fully saturated rings. The number of amides is 2. The molecule has 3 aliphatic rings. The predicted octanol–water partition coefficient (Wildman–Crippen LogP) is 2.75. The maximum absolute atomic E-state index is 11.7. The first-order chi connectivity index (χ1) is 17.4. The number of nitrogens with one attached hydrogen (secondary N) is 2.